The van der Waals surface area contributed by atoms with Crippen LogP contribution in [0.15, 0.2) is 0 Å². The first kappa shape index (κ1) is 13.9. The smallest absolute Gasteiger partial charge is 0.151 e. The van der Waals surface area contributed by atoms with Crippen molar-refractivity contribution in [2.75, 3.05) is 11.5 Å². The molecule has 0 heterocycles. The molecular weight excluding hydrogens is 238 g/mol. The number of hydrogen-bond donors (Lipinski definition) is 3. The van der Waals surface area contributed by atoms with Crippen molar-refractivity contribution in [2.45, 2.75) is 32.6 Å². The Kier molecular flexibility index (Phi) is 6.28. The predicted molar refractivity (Wildman–Crippen MR) is 75.7 cm³/mol. The molecule has 1 rings (SSSR count). The van der Waals surface area contributed by atoms with Crippen molar-refractivity contribution in [2.24, 2.45) is 17.6 Å². The molecule has 1 aliphatic carbocycles. The maximum absolute atomic E-state index is 7.31. The summed E-state index contributed by atoms with van der Waals surface area (Å²) in [7, 11) is 0. The lowest BCUT2D eigenvalue weighted by Gasteiger charge is -2.35. The van der Waals surface area contributed by atoms with Gasteiger partial charge in [0.25, 0.3) is 0 Å². The molecule has 92 valence electrons. The fourth-order valence-electron chi connectivity index (χ4n) is 2.06. The topological polar surface area (TPSA) is 73.7 Å². The molecule has 16 heavy (non-hydrogen) atoms. The SMILES string of the molecule is CC(=N)SCCC1CC(CCSC(=N)N)C1. The molecule has 1 saturated carbocycles. The van der Waals surface area contributed by atoms with E-state index in [1.54, 1.807) is 11.8 Å². The van der Waals surface area contributed by atoms with E-state index in [9.17, 15) is 0 Å². The second kappa shape index (κ2) is 7.22. The fourth-order valence-corrected chi connectivity index (χ4v) is 3.49. The molecule has 0 unspecified atom stereocenters. The highest BCUT2D eigenvalue weighted by molar-refractivity contribution is 8.13. The Morgan fingerprint density at radius 2 is 1.62 bits per heavy atom. The van der Waals surface area contributed by atoms with Gasteiger partial charge < -0.3 is 5.73 Å². The lowest BCUT2D eigenvalue weighted by atomic mass is 9.72. The normalized spacial score (nSPS) is 23.8. The average Bonchev–Trinajstić information content (AvgIpc) is 2.11. The van der Waals surface area contributed by atoms with Crippen molar-refractivity contribution in [1.29, 1.82) is 10.8 Å². The van der Waals surface area contributed by atoms with Crippen molar-refractivity contribution in [1.82, 2.24) is 0 Å². The molecule has 1 fully saturated rings. The first-order valence-corrected chi connectivity index (χ1v) is 7.69. The van der Waals surface area contributed by atoms with Crippen LogP contribution in [0, 0.1) is 22.7 Å². The van der Waals surface area contributed by atoms with E-state index in [1.165, 1.54) is 37.4 Å². The number of nitrogens with one attached hydrogen (secondary N) is 2. The Morgan fingerprint density at radius 1 is 1.12 bits per heavy atom. The van der Waals surface area contributed by atoms with E-state index in [0.717, 1.165) is 28.4 Å². The lowest BCUT2D eigenvalue weighted by Crippen LogP contribution is -2.25. The second-order valence-electron chi connectivity index (χ2n) is 4.40. The number of hydrogen-bond acceptors (Lipinski definition) is 4. The highest BCUT2D eigenvalue weighted by Crippen LogP contribution is 2.39. The van der Waals surface area contributed by atoms with Crippen molar-refractivity contribution in [3.8, 4) is 0 Å². The summed E-state index contributed by atoms with van der Waals surface area (Å²) in [5, 5.41) is 15.4. The van der Waals surface area contributed by atoms with Gasteiger partial charge in [-0.05, 0) is 50.2 Å². The summed E-state index contributed by atoms with van der Waals surface area (Å²) in [4.78, 5) is 0. The third-order valence-corrected chi connectivity index (χ3v) is 4.59. The molecule has 4 N–H and O–H groups in total. The zero-order valence-electron chi connectivity index (χ0n) is 9.79. The molecule has 0 aliphatic heterocycles. The summed E-state index contributed by atoms with van der Waals surface area (Å²) < 4.78 is 0. The van der Waals surface area contributed by atoms with Crippen LogP contribution >= 0.6 is 23.5 Å². The minimum absolute atomic E-state index is 0.244. The summed E-state index contributed by atoms with van der Waals surface area (Å²) in [5.41, 5.74) is 5.28. The van der Waals surface area contributed by atoms with Gasteiger partial charge in [-0.2, -0.15) is 0 Å². The lowest BCUT2D eigenvalue weighted by molar-refractivity contribution is 0.185. The zero-order valence-corrected chi connectivity index (χ0v) is 11.4. The monoisotopic (exact) mass is 259 g/mol. The van der Waals surface area contributed by atoms with Crippen LogP contribution in [-0.2, 0) is 0 Å². The molecule has 0 aromatic rings. The van der Waals surface area contributed by atoms with Crippen LogP contribution in [0.5, 0.6) is 0 Å². The van der Waals surface area contributed by atoms with E-state index >= 15 is 0 Å². The summed E-state index contributed by atoms with van der Waals surface area (Å²) in [6, 6.07) is 0. The van der Waals surface area contributed by atoms with Crippen molar-refractivity contribution >= 4 is 33.7 Å². The molecule has 0 radical (unpaired) electrons. The van der Waals surface area contributed by atoms with E-state index in [2.05, 4.69) is 0 Å². The van der Waals surface area contributed by atoms with E-state index in [0.29, 0.717) is 0 Å². The van der Waals surface area contributed by atoms with Crippen LogP contribution < -0.4 is 5.73 Å². The van der Waals surface area contributed by atoms with Crippen molar-refractivity contribution < 1.29 is 0 Å². The van der Waals surface area contributed by atoms with E-state index in [-0.39, 0.29) is 5.17 Å². The van der Waals surface area contributed by atoms with Crippen molar-refractivity contribution in [3.05, 3.63) is 0 Å². The van der Waals surface area contributed by atoms with E-state index in [1.807, 2.05) is 6.92 Å². The number of thioether (sulfide) groups is 2. The van der Waals surface area contributed by atoms with Gasteiger partial charge in [-0.1, -0.05) is 11.8 Å². The molecular formula is C11H21N3S2. The quantitative estimate of drug-likeness (QED) is 0.507. The first-order valence-electron chi connectivity index (χ1n) is 5.72. The summed E-state index contributed by atoms with van der Waals surface area (Å²) in [6.07, 6.45) is 5.15. The Bertz CT molecular complexity index is 226. The van der Waals surface area contributed by atoms with E-state index < -0.39 is 0 Å². The Morgan fingerprint density at radius 3 is 2.06 bits per heavy atom. The molecule has 3 nitrogen and oxygen atoms in total. The first-order chi connectivity index (χ1) is 7.58. The summed E-state index contributed by atoms with van der Waals surface area (Å²) >= 11 is 3.13. The molecule has 0 aromatic carbocycles. The maximum atomic E-state index is 7.31. The Balaban J connectivity index is 1.92. The van der Waals surface area contributed by atoms with Gasteiger partial charge in [0.1, 0.15) is 0 Å². The minimum Gasteiger partial charge on any atom is -0.379 e. The summed E-state index contributed by atoms with van der Waals surface area (Å²) in [6.45, 7) is 1.85. The van der Waals surface area contributed by atoms with E-state index in [4.69, 9.17) is 16.6 Å². The van der Waals surface area contributed by atoms with Gasteiger partial charge in [0.15, 0.2) is 5.17 Å². The predicted octanol–water partition coefficient (Wildman–Crippen LogP) is 3.15. The van der Waals surface area contributed by atoms with Gasteiger partial charge in [0.2, 0.25) is 0 Å². The van der Waals surface area contributed by atoms with Crippen LogP contribution in [0.2, 0.25) is 0 Å². The van der Waals surface area contributed by atoms with Crippen LogP contribution in [-0.4, -0.2) is 21.7 Å². The number of nitrogens with two attached hydrogens (primary N) is 1. The number of amidine groups is 1. The van der Waals surface area contributed by atoms with Gasteiger partial charge in [-0.25, -0.2) is 0 Å². The van der Waals surface area contributed by atoms with Gasteiger partial charge in [0, 0.05) is 5.75 Å². The maximum Gasteiger partial charge on any atom is 0.151 e. The second-order valence-corrected chi connectivity index (χ2v) is 6.84. The van der Waals surface area contributed by atoms with Gasteiger partial charge in [-0.15, -0.1) is 11.8 Å². The molecule has 0 spiro atoms. The molecule has 0 atom stereocenters. The van der Waals surface area contributed by atoms with Crippen LogP contribution in [0.3, 0.4) is 0 Å². The molecule has 0 aromatic heterocycles. The molecule has 0 bridgehead atoms. The third-order valence-electron chi connectivity index (χ3n) is 2.96. The minimum atomic E-state index is 0.244. The zero-order chi connectivity index (χ0) is 12.0. The van der Waals surface area contributed by atoms with Crippen molar-refractivity contribution in [3.63, 3.8) is 0 Å². The summed E-state index contributed by atoms with van der Waals surface area (Å²) in [5.74, 6) is 3.86. The van der Waals surface area contributed by atoms with Crippen LogP contribution in [0.1, 0.15) is 32.6 Å². The Labute approximate surface area is 106 Å². The molecule has 0 amide bonds. The van der Waals surface area contributed by atoms with Gasteiger partial charge >= 0.3 is 0 Å². The third kappa shape index (κ3) is 5.80. The number of rotatable bonds is 6. The highest BCUT2D eigenvalue weighted by Gasteiger charge is 2.27. The molecule has 0 saturated heterocycles. The standard InChI is InChI=1S/C11H21N3S2/c1-8(12)15-4-2-9-6-10(7-9)3-5-16-11(13)14/h9-10,12H,2-7H2,1H3,(H3,13,14). The van der Waals surface area contributed by atoms with Crippen LogP contribution in [0.25, 0.3) is 0 Å². The largest absolute Gasteiger partial charge is 0.379 e. The molecule has 1 aliphatic rings. The van der Waals surface area contributed by atoms with Gasteiger partial charge in [-0.3, -0.25) is 10.8 Å². The Hall–Kier alpha value is -0.160. The highest BCUT2D eigenvalue weighted by atomic mass is 32.2. The van der Waals surface area contributed by atoms with Gasteiger partial charge in [0.05, 0.1) is 5.04 Å². The fraction of sp³-hybridized carbons (Fsp3) is 0.818. The molecule has 5 heteroatoms. The average molecular weight is 259 g/mol. The van der Waals surface area contributed by atoms with Crippen LogP contribution in [0.4, 0.5) is 0 Å².